The zero-order valence-corrected chi connectivity index (χ0v) is 7.57. The summed E-state index contributed by atoms with van der Waals surface area (Å²) < 4.78 is 0. The Hall–Kier alpha value is -0.180. The van der Waals surface area contributed by atoms with Crippen molar-refractivity contribution in [2.45, 2.75) is 37.7 Å². The second-order valence-electron chi connectivity index (χ2n) is 2.48. The minimum absolute atomic E-state index is 0.000000000000000222. The van der Waals surface area contributed by atoms with Gasteiger partial charge in [0, 0.05) is 0 Å². The van der Waals surface area contributed by atoms with Gasteiger partial charge < -0.3 is 5.73 Å². The Bertz CT molecular complexity index is 114. The van der Waals surface area contributed by atoms with Crippen molar-refractivity contribution < 1.29 is 4.79 Å². The number of amides is 1. The third-order valence-electron chi connectivity index (χ3n) is 1.12. The summed E-state index contributed by atoms with van der Waals surface area (Å²) in [6.07, 6.45) is 0.832. The van der Waals surface area contributed by atoms with Crippen molar-refractivity contribution in [2.24, 2.45) is 5.73 Å². The van der Waals surface area contributed by atoms with Gasteiger partial charge in [-0.05, 0) is 11.7 Å². The summed E-state index contributed by atoms with van der Waals surface area (Å²) in [6.45, 7) is 6.11. The zero-order chi connectivity index (χ0) is 8.15. The number of carbonyl (C=O) groups excluding carboxylic acids is 1. The van der Waals surface area contributed by atoms with Gasteiger partial charge in [-0.3, -0.25) is 4.79 Å². The van der Waals surface area contributed by atoms with Gasteiger partial charge >= 0.3 is 0 Å². The molecule has 0 saturated carbocycles. The van der Waals surface area contributed by atoms with Crippen molar-refractivity contribution >= 4 is 17.7 Å². The fraction of sp³-hybridized carbons (Fsp3) is 0.857. The van der Waals surface area contributed by atoms with Crippen molar-refractivity contribution in [2.75, 3.05) is 0 Å². The Morgan fingerprint density at radius 2 is 2.10 bits per heavy atom. The summed E-state index contributed by atoms with van der Waals surface area (Å²) in [7, 11) is 0. The van der Waals surface area contributed by atoms with Crippen LogP contribution in [-0.4, -0.2) is 16.4 Å². The molecular formula is C7H15NOS. The molecule has 0 aromatic rings. The molecule has 10 heavy (non-hydrogen) atoms. The molecule has 0 aliphatic carbocycles. The fourth-order valence-electron chi connectivity index (χ4n) is 0.693. The maximum Gasteiger partial charge on any atom is 0.230 e. The van der Waals surface area contributed by atoms with E-state index in [1.165, 1.54) is 0 Å². The topological polar surface area (TPSA) is 43.1 Å². The van der Waals surface area contributed by atoms with Crippen LogP contribution in [0.3, 0.4) is 0 Å². The van der Waals surface area contributed by atoms with E-state index in [4.69, 9.17) is 5.73 Å². The molecule has 1 atom stereocenters. The summed E-state index contributed by atoms with van der Waals surface area (Å²) in [6, 6.07) is 0. The van der Waals surface area contributed by atoms with Gasteiger partial charge in [-0.15, -0.1) is 11.8 Å². The van der Waals surface area contributed by atoms with Crippen LogP contribution >= 0.6 is 11.8 Å². The second-order valence-corrected chi connectivity index (χ2v) is 4.27. The summed E-state index contributed by atoms with van der Waals surface area (Å²) in [5.41, 5.74) is 5.14. The Kier molecular flexibility index (Phi) is 4.52. The number of thioether (sulfide) groups is 1. The predicted molar refractivity (Wildman–Crippen MR) is 46.0 cm³/mol. The number of hydrogen-bond donors (Lipinski definition) is 1. The molecule has 0 radical (unpaired) electrons. The third-order valence-corrected chi connectivity index (χ3v) is 2.56. The van der Waals surface area contributed by atoms with Gasteiger partial charge in [0.15, 0.2) is 0 Å². The first-order chi connectivity index (χ1) is 4.57. The van der Waals surface area contributed by atoms with E-state index in [-0.39, 0.29) is 11.2 Å². The zero-order valence-electron chi connectivity index (χ0n) is 6.76. The van der Waals surface area contributed by atoms with Crippen molar-refractivity contribution in [3.63, 3.8) is 0 Å². The van der Waals surface area contributed by atoms with Crippen LogP contribution in [0.2, 0.25) is 0 Å². The van der Waals surface area contributed by atoms with Gasteiger partial charge in [-0.25, -0.2) is 0 Å². The van der Waals surface area contributed by atoms with E-state index >= 15 is 0 Å². The standard InChI is InChI=1S/C7H15NOS/c1-4-6(7(8)9)10-5(2)3/h5-6H,4H2,1-3H3,(H2,8,9). The van der Waals surface area contributed by atoms with Crippen molar-refractivity contribution in [1.29, 1.82) is 0 Å². The Balaban J connectivity index is 3.72. The van der Waals surface area contributed by atoms with Crippen molar-refractivity contribution in [3.05, 3.63) is 0 Å². The second kappa shape index (κ2) is 4.61. The first kappa shape index (κ1) is 9.82. The molecule has 0 heterocycles. The maximum absolute atomic E-state index is 10.7. The fourth-order valence-corrected chi connectivity index (χ4v) is 1.68. The first-order valence-electron chi connectivity index (χ1n) is 3.52. The lowest BCUT2D eigenvalue weighted by molar-refractivity contribution is -0.117. The number of primary amides is 1. The van der Waals surface area contributed by atoms with Gasteiger partial charge in [-0.2, -0.15) is 0 Å². The van der Waals surface area contributed by atoms with Crippen molar-refractivity contribution in [1.82, 2.24) is 0 Å². The van der Waals surface area contributed by atoms with Crippen LogP contribution in [0.1, 0.15) is 27.2 Å². The number of rotatable bonds is 4. The highest BCUT2D eigenvalue weighted by molar-refractivity contribution is 8.01. The normalized spacial score (nSPS) is 13.6. The van der Waals surface area contributed by atoms with E-state index in [2.05, 4.69) is 13.8 Å². The number of nitrogens with two attached hydrogens (primary N) is 1. The molecule has 0 aromatic carbocycles. The van der Waals surface area contributed by atoms with E-state index in [0.29, 0.717) is 5.25 Å². The molecule has 0 aromatic heterocycles. The molecule has 0 spiro atoms. The van der Waals surface area contributed by atoms with Crippen molar-refractivity contribution in [3.8, 4) is 0 Å². The molecule has 0 aliphatic heterocycles. The van der Waals surface area contributed by atoms with E-state index in [1.807, 2.05) is 6.92 Å². The van der Waals surface area contributed by atoms with Crippen LogP contribution in [0.15, 0.2) is 0 Å². The molecule has 0 aliphatic rings. The molecule has 1 unspecified atom stereocenters. The highest BCUT2D eigenvalue weighted by atomic mass is 32.2. The van der Waals surface area contributed by atoms with E-state index in [0.717, 1.165) is 6.42 Å². The molecule has 2 N–H and O–H groups in total. The molecule has 60 valence electrons. The number of carbonyl (C=O) groups is 1. The van der Waals surface area contributed by atoms with Crippen LogP contribution in [0.4, 0.5) is 0 Å². The largest absolute Gasteiger partial charge is 0.369 e. The average molecular weight is 161 g/mol. The summed E-state index contributed by atoms with van der Waals surface area (Å²) in [5, 5.41) is 0.484. The predicted octanol–water partition coefficient (Wildman–Crippen LogP) is 1.39. The van der Waals surface area contributed by atoms with E-state index in [1.54, 1.807) is 11.8 Å². The highest BCUT2D eigenvalue weighted by Gasteiger charge is 2.14. The van der Waals surface area contributed by atoms with Crippen LogP contribution in [0.5, 0.6) is 0 Å². The highest BCUT2D eigenvalue weighted by Crippen LogP contribution is 2.18. The SMILES string of the molecule is CCC(SC(C)C)C(N)=O. The van der Waals surface area contributed by atoms with E-state index in [9.17, 15) is 4.79 Å². The Morgan fingerprint density at radius 3 is 2.20 bits per heavy atom. The summed E-state index contributed by atoms with van der Waals surface area (Å²) >= 11 is 1.63. The van der Waals surface area contributed by atoms with E-state index < -0.39 is 0 Å². The molecule has 0 fully saturated rings. The number of hydrogen-bond acceptors (Lipinski definition) is 2. The average Bonchev–Trinajstić information content (AvgIpc) is 1.81. The molecule has 1 amide bonds. The van der Waals surface area contributed by atoms with Crippen LogP contribution in [0, 0.1) is 0 Å². The smallest absolute Gasteiger partial charge is 0.230 e. The first-order valence-corrected chi connectivity index (χ1v) is 4.47. The quantitative estimate of drug-likeness (QED) is 0.677. The minimum Gasteiger partial charge on any atom is -0.369 e. The van der Waals surface area contributed by atoms with Crippen LogP contribution < -0.4 is 5.73 Å². The lowest BCUT2D eigenvalue weighted by Crippen LogP contribution is -2.26. The molecule has 0 rings (SSSR count). The van der Waals surface area contributed by atoms with Gasteiger partial charge in [-0.1, -0.05) is 20.8 Å². The maximum atomic E-state index is 10.7. The lowest BCUT2D eigenvalue weighted by atomic mass is 10.3. The van der Waals surface area contributed by atoms with Gasteiger partial charge in [0.1, 0.15) is 0 Å². The summed E-state index contributed by atoms with van der Waals surface area (Å²) in [5.74, 6) is -0.193. The van der Waals surface area contributed by atoms with Crippen LogP contribution in [-0.2, 0) is 4.79 Å². The third kappa shape index (κ3) is 3.77. The van der Waals surface area contributed by atoms with Gasteiger partial charge in [0.2, 0.25) is 5.91 Å². The molecule has 3 heteroatoms. The Labute approximate surface area is 66.6 Å². The molecule has 0 saturated heterocycles. The summed E-state index contributed by atoms with van der Waals surface area (Å²) in [4.78, 5) is 10.7. The minimum atomic E-state index is -0.193. The monoisotopic (exact) mass is 161 g/mol. The van der Waals surface area contributed by atoms with Gasteiger partial charge in [0.05, 0.1) is 5.25 Å². The molecule has 2 nitrogen and oxygen atoms in total. The Morgan fingerprint density at radius 1 is 1.60 bits per heavy atom. The van der Waals surface area contributed by atoms with Gasteiger partial charge in [0.25, 0.3) is 0 Å². The molecule has 0 bridgehead atoms. The molecular weight excluding hydrogens is 146 g/mol. The van der Waals surface area contributed by atoms with Crippen LogP contribution in [0.25, 0.3) is 0 Å². The lowest BCUT2D eigenvalue weighted by Gasteiger charge is -2.12.